The van der Waals surface area contributed by atoms with Gasteiger partial charge in [0.1, 0.15) is 0 Å². The van der Waals surface area contributed by atoms with Crippen LogP contribution in [0.4, 0.5) is 0 Å². The maximum absolute atomic E-state index is 6.66. The number of rotatable bonds is 1. The van der Waals surface area contributed by atoms with Crippen LogP contribution >= 0.6 is 22.9 Å². The zero-order valence-corrected chi connectivity index (χ0v) is 14.4. The quantitative estimate of drug-likeness (QED) is 0.295. The molecular weight excluding hydrogens is 332 g/mol. The lowest BCUT2D eigenvalue weighted by atomic mass is 10.00. The molecule has 0 spiro atoms. The van der Waals surface area contributed by atoms with E-state index < -0.39 is 0 Å². The smallest absolute Gasteiger partial charge is 0.0505 e. The van der Waals surface area contributed by atoms with Crippen LogP contribution < -0.4 is 0 Å². The first kappa shape index (κ1) is 14.0. The highest BCUT2D eigenvalue weighted by molar-refractivity contribution is 7.26. The van der Waals surface area contributed by atoms with Crippen LogP contribution in [0.2, 0.25) is 5.02 Å². The van der Waals surface area contributed by atoms with Gasteiger partial charge in [-0.05, 0) is 40.1 Å². The molecule has 1 heterocycles. The fourth-order valence-electron chi connectivity index (χ4n) is 3.38. The zero-order chi connectivity index (χ0) is 16.1. The molecule has 0 atom stereocenters. The summed E-state index contributed by atoms with van der Waals surface area (Å²) in [5, 5.41) is 5.73. The molecule has 0 saturated carbocycles. The summed E-state index contributed by atoms with van der Waals surface area (Å²) in [5.74, 6) is 0. The molecule has 0 nitrogen and oxygen atoms in total. The molecule has 5 rings (SSSR count). The zero-order valence-electron chi connectivity index (χ0n) is 12.8. The molecule has 0 unspecified atom stereocenters. The van der Waals surface area contributed by atoms with E-state index in [1.165, 1.54) is 42.1 Å². The fraction of sp³-hybridized carbons (Fsp3) is 0. The lowest BCUT2D eigenvalue weighted by molar-refractivity contribution is 1.65. The monoisotopic (exact) mass is 344 g/mol. The van der Waals surface area contributed by atoms with E-state index >= 15 is 0 Å². The van der Waals surface area contributed by atoms with Crippen molar-refractivity contribution in [1.29, 1.82) is 0 Å². The van der Waals surface area contributed by atoms with Crippen molar-refractivity contribution in [3.63, 3.8) is 0 Å². The molecule has 0 amide bonds. The van der Waals surface area contributed by atoms with Crippen molar-refractivity contribution in [3.8, 4) is 11.1 Å². The molecule has 4 aromatic carbocycles. The predicted molar refractivity (Wildman–Crippen MR) is 107 cm³/mol. The Kier molecular flexibility index (Phi) is 3.12. The Morgan fingerprint density at radius 1 is 0.667 bits per heavy atom. The average Bonchev–Trinajstić information content (AvgIpc) is 3.02. The fourth-order valence-corrected chi connectivity index (χ4v) is 5.01. The van der Waals surface area contributed by atoms with Crippen LogP contribution in [0.15, 0.2) is 78.9 Å². The maximum atomic E-state index is 6.66. The van der Waals surface area contributed by atoms with Gasteiger partial charge in [0.25, 0.3) is 0 Å². The molecule has 114 valence electrons. The molecule has 0 fully saturated rings. The van der Waals surface area contributed by atoms with Crippen molar-refractivity contribution < 1.29 is 0 Å². The van der Waals surface area contributed by atoms with Gasteiger partial charge in [-0.3, -0.25) is 0 Å². The van der Waals surface area contributed by atoms with Crippen LogP contribution in [-0.4, -0.2) is 0 Å². The van der Waals surface area contributed by atoms with E-state index in [1.54, 1.807) is 0 Å². The van der Waals surface area contributed by atoms with Crippen molar-refractivity contribution in [2.45, 2.75) is 0 Å². The van der Waals surface area contributed by atoms with Gasteiger partial charge in [-0.1, -0.05) is 72.3 Å². The molecule has 0 aliphatic rings. The van der Waals surface area contributed by atoms with E-state index in [1.807, 2.05) is 17.4 Å². The first-order valence-electron chi connectivity index (χ1n) is 7.90. The van der Waals surface area contributed by atoms with Gasteiger partial charge in [-0.25, -0.2) is 0 Å². The second kappa shape index (κ2) is 5.34. The second-order valence-electron chi connectivity index (χ2n) is 5.96. The van der Waals surface area contributed by atoms with Crippen LogP contribution in [-0.2, 0) is 0 Å². The molecular formula is C22H13ClS. The Hall–Kier alpha value is -2.35. The van der Waals surface area contributed by atoms with Gasteiger partial charge in [0.15, 0.2) is 0 Å². The highest BCUT2D eigenvalue weighted by Crippen LogP contribution is 2.43. The molecule has 2 heteroatoms. The summed E-state index contributed by atoms with van der Waals surface area (Å²) < 4.78 is 2.56. The Bertz CT molecular complexity index is 1200. The van der Waals surface area contributed by atoms with Gasteiger partial charge < -0.3 is 0 Å². The van der Waals surface area contributed by atoms with E-state index in [4.69, 9.17) is 11.6 Å². The van der Waals surface area contributed by atoms with E-state index in [-0.39, 0.29) is 0 Å². The molecule has 1 aromatic heterocycles. The first-order chi connectivity index (χ1) is 11.8. The van der Waals surface area contributed by atoms with Gasteiger partial charge in [0, 0.05) is 20.2 Å². The maximum Gasteiger partial charge on any atom is 0.0505 e. The second-order valence-corrected chi connectivity index (χ2v) is 7.42. The van der Waals surface area contributed by atoms with Gasteiger partial charge in [-0.15, -0.1) is 11.3 Å². The van der Waals surface area contributed by atoms with Crippen LogP contribution in [0.25, 0.3) is 42.1 Å². The molecule has 24 heavy (non-hydrogen) atoms. The summed E-state index contributed by atoms with van der Waals surface area (Å²) in [6.07, 6.45) is 0. The Balaban J connectivity index is 1.86. The highest BCUT2D eigenvalue weighted by atomic mass is 35.5. The predicted octanol–water partition coefficient (Wildman–Crippen LogP) is 7.53. The lowest BCUT2D eigenvalue weighted by Crippen LogP contribution is -1.80. The van der Waals surface area contributed by atoms with Crippen LogP contribution in [0.3, 0.4) is 0 Å². The normalized spacial score (nSPS) is 11.5. The van der Waals surface area contributed by atoms with Gasteiger partial charge in [0.2, 0.25) is 0 Å². The molecule has 5 aromatic rings. The minimum absolute atomic E-state index is 0.833. The van der Waals surface area contributed by atoms with Crippen LogP contribution in [0.1, 0.15) is 0 Å². The first-order valence-corrected chi connectivity index (χ1v) is 9.10. The number of fused-ring (bicyclic) bond motifs is 5. The van der Waals surface area contributed by atoms with Gasteiger partial charge >= 0.3 is 0 Å². The van der Waals surface area contributed by atoms with E-state index in [0.29, 0.717) is 0 Å². The van der Waals surface area contributed by atoms with Crippen molar-refractivity contribution >= 4 is 53.9 Å². The molecule has 0 radical (unpaired) electrons. The third kappa shape index (κ3) is 2.06. The Morgan fingerprint density at radius 2 is 1.46 bits per heavy atom. The summed E-state index contributed by atoms with van der Waals surface area (Å²) in [5.41, 5.74) is 2.45. The summed E-state index contributed by atoms with van der Waals surface area (Å²) in [7, 11) is 0. The molecule has 0 bridgehead atoms. The minimum Gasteiger partial charge on any atom is -0.134 e. The van der Waals surface area contributed by atoms with E-state index in [9.17, 15) is 0 Å². The molecule has 0 aliphatic carbocycles. The van der Waals surface area contributed by atoms with Gasteiger partial charge in [-0.2, -0.15) is 0 Å². The molecule has 0 aliphatic heterocycles. The summed E-state index contributed by atoms with van der Waals surface area (Å²) in [4.78, 5) is 0. The summed E-state index contributed by atoms with van der Waals surface area (Å²) in [6.45, 7) is 0. The summed E-state index contributed by atoms with van der Waals surface area (Å²) >= 11 is 8.48. The SMILES string of the molecule is Clc1cc2cc(-c3ccccc3)ccc2c2sc3ccccc3c12. The molecule has 0 saturated heterocycles. The Morgan fingerprint density at radius 3 is 2.33 bits per heavy atom. The highest BCUT2D eigenvalue weighted by Gasteiger charge is 2.12. The van der Waals surface area contributed by atoms with Crippen molar-refractivity contribution in [2.75, 3.05) is 0 Å². The number of thiophene rings is 1. The van der Waals surface area contributed by atoms with E-state index in [0.717, 1.165) is 5.02 Å². The standard InChI is InChI=1S/C22H13ClS/c23-19-13-16-12-15(14-6-2-1-3-7-14)10-11-17(16)22-21(19)18-8-4-5-9-20(18)24-22/h1-13H. The Labute approximate surface area is 148 Å². The van der Waals surface area contributed by atoms with E-state index in [2.05, 4.69) is 72.8 Å². The van der Waals surface area contributed by atoms with Crippen LogP contribution in [0.5, 0.6) is 0 Å². The largest absolute Gasteiger partial charge is 0.134 e. The van der Waals surface area contributed by atoms with Crippen molar-refractivity contribution in [1.82, 2.24) is 0 Å². The number of hydrogen-bond donors (Lipinski definition) is 0. The van der Waals surface area contributed by atoms with Crippen LogP contribution in [0, 0.1) is 0 Å². The summed E-state index contributed by atoms with van der Waals surface area (Å²) in [6, 6.07) is 27.7. The minimum atomic E-state index is 0.833. The third-order valence-corrected chi connectivity index (χ3v) is 6.02. The number of halogens is 1. The van der Waals surface area contributed by atoms with Crippen molar-refractivity contribution in [2.24, 2.45) is 0 Å². The van der Waals surface area contributed by atoms with Gasteiger partial charge in [0.05, 0.1) is 5.02 Å². The molecule has 0 N–H and O–H groups in total. The number of hydrogen-bond acceptors (Lipinski definition) is 1. The topological polar surface area (TPSA) is 0 Å². The lowest BCUT2D eigenvalue weighted by Gasteiger charge is -2.06. The number of benzene rings is 4. The third-order valence-electron chi connectivity index (χ3n) is 4.52. The van der Waals surface area contributed by atoms with Crippen molar-refractivity contribution in [3.05, 3.63) is 83.9 Å². The average molecular weight is 345 g/mol.